The zero-order valence-electron chi connectivity index (χ0n) is 6.34. The topological polar surface area (TPSA) is 82.7 Å². The molecule has 1 aromatic heterocycles. The normalized spacial score (nSPS) is 10.0. The van der Waals surface area contributed by atoms with Crippen molar-refractivity contribution in [3.63, 3.8) is 0 Å². The molecule has 0 aromatic carbocycles. The zero-order chi connectivity index (χ0) is 10.0. The molecule has 3 N–H and O–H groups in total. The van der Waals surface area contributed by atoms with Crippen LogP contribution in [-0.4, -0.2) is 4.98 Å². The van der Waals surface area contributed by atoms with Crippen molar-refractivity contribution in [2.45, 2.75) is 6.43 Å². The van der Waals surface area contributed by atoms with Crippen LogP contribution >= 0.6 is 0 Å². The lowest BCUT2D eigenvalue weighted by Gasteiger charge is -2.03. The molecule has 68 valence electrons. The standard InChI is InChI=1S/C7H5F2N3O/c8-6(9)4-2-12-7(13)3(1-10)5(4)11/h2,6H,(H3,11,12,13). The van der Waals surface area contributed by atoms with Gasteiger partial charge < -0.3 is 10.7 Å². The van der Waals surface area contributed by atoms with Gasteiger partial charge in [-0.05, 0) is 0 Å². The lowest BCUT2D eigenvalue weighted by Crippen LogP contribution is -2.14. The highest BCUT2D eigenvalue weighted by Crippen LogP contribution is 2.24. The van der Waals surface area contributed by atoms with Gasteiger partial charge in [-0.15, -0.1) is 0 Å². The van der Waals surface area contributed by atoms with E-state index in [1.165, 1.54) is 6.07 Å². The predicted molar refractivity (Wildman–Crippen MR) is 41.1 cm³/mol. The van der Waals surface area contributed by atoms with E-state index in [1.54, 1.807) is 0 Å². The van der Waals surface area contributed by atoms with Gasteiger partial charge in [0.25, 0.3) is 12.0 Å². The highest BCUT2D eigenvalue weighted by atomic mass is 19.3. The maximum absolute atomic E-state index is 12.2. The largest absolute Gasteiger partial charge is 0.397 e. The first kappa shape index (κ1) is 9.19. The average molecular weight is 185 g/mol. The highest BCUT2D eigenvalue weighted by molar-refractivity contribution is 5.57. The molecule has 13 heavy (non-hydrogen) atoms. The fourth-order valence-electron chi connectivity index (χ4n) is 0.851. The summed E-state index contributed by atoms with van der Waals surface area (Å²) in [6.45, 7) is 0. The fraction of sp³-hybridized carbons (Fsp3) is 0.143. The molecule has 1 rings (SSSR count). The molecule has 0 saturated heterocycles. The molecule has 0 unspecified atom stereocenters. The minimum Gasteiger partial charge on any atom is -0.397 e. The van der Waals surface area contributed by atoms with Crippen molar-refractivity contribution >= 4 is 5.69 Å². The Morgan fingerprint density at radius 1 is 1.62 bits per heavy atom. The smallest absolute Gasteiger partial charge is 0.268 e. The van der Waals surface area contributed by atoms with Crippen LogP contribution in [0.3, 0.4) is 0 Å². The number of halogens is 2. The van der Waals surface area contributed by atoms with Gasteiger partial charge in [-0.1, -0.05) is 0 Å². The van der Waals surface area contributed by atoms with Crippen LogP contribution in [0, 0.1) is 11.3 Å². The molecule has 0 bridgehead atoms. The Balaban J connectivity index is 3.47. The van der Waals surface area contributed by atoms with Gasteiger partial charge in [0.05, 0.1) is 11.3 Å². The molecule has 0 fully saturated rings. The number of hydrogen-bond donors (Lipinski definition) is 2. The van der Waals surface area contributed by atoms with Crippen LogP contribution in [0.25, 0.3) is 0 Å². The molecule has 0 spiro atoms. The van der Waals surface area contributed by atoms with E-state index < -0.39 is 28.8 Å². The Morgan fingerprint density at radius 3 is 2.69 bits per heavy atom. The number of nitrogens with zero attached hydrogens (tertiary/aromatic N) is 1. The average Bonchev–Trinajstić information content (AvgIpc) is 2.04. The van der Waals surface area contributed by atoms with Gasteiger partial charge in [-0.25, -0.2) is 8.78 Å². The summed E-state index contributed by atoms with van der Waals surface area (Å²) in [5, 5.41) is 8.41. The van der Waals surface area contributed by atoms with Gasteiger partial charge in [-0.2, -0.15) is 5.26 Å². The summed E-state index contributed by atoms with van der Waals surface area (Å²) >= 11 is 0. The zero-order valence-corrected chi connectivity index (χ0v) is 6.34. The van der Waals surface area contributed by atoms with E-state index >= 15 is 0 Å². The summed E-state index contributed by atoms with van der Waals surface area (Å²) in [5.41, 5.74) is 2.95. The molecule has 0 aliphatic rings. The lowest BCUT2D eigenvalue weighted by atomic mass is 10.1. The fourth-order valence-corrected chi connectivity index (χ4v) is 0.851. The van der Waals surface area contributed by atoms with E-state index in [1.807, 2.05) is 4.98 Å². The van der Waals surface area contributed by atoms with Crippen LogP contribution in [0.1, 0.15) is 17.6 Å². The van der Waals surface area contributed by atoms with Crippen LogP contribution in [0.4, 0.5) is 14.5 Å². The lowest BCUT2D eigenvalue weighted by molar-refractivity contribution is 0.152. The number of pyridine rings is 1. The number of H-pyrrole nitrogens is 1. The summed E-state index contributed by atoms with van der Waals surface area (Å²) in [4.78, 5) is 12.8. The van der Waals surface area contributed by atoms with Crippen LogP contribution in [0.15, 0.2) is 11.0 Å². The number of aromatic nitrogens is 1. The monoisotopic (exact) mass is 185 g/mol. The Kier molecular flexibility index (Phi) is 2.28. The third-order valence-corrected chi connectivity index (χ3v) is 1.51. The summed E-state index contributed by atoms with van der Waals surface area (Å²) in [7, 11) is 0. The molecule has 1 aromatic rings. The Morgan fingerprint density at radius 2 is 2.23 bits per heavy atom. The molecule has 0 atom stereocenters. The van der Waals surface area contributed by atoms with Gasteiger partial charge in [0.15, 0.2) is 0 Å². The van der Waals surface area contributed by atoms with Crippen LogP contribution in [0.2, 0.25) is 0 Å². The third kappa shape index (κ3) is 1.49. The Bertz CT molecular complexity index is 419. The van der Waals surface area contributed by atoms with Gasteiger partial charge >= 0.3 is 0 Å². The third-order valence-electron chi connectivity index (χ3n) is 1.51. The molecular formula is C7H5F2N3O. The van der Waals surface area contributed by atoms with Crippen molar-refractivity contribution in [1.82, 2.24) is 4.98 Å². The van der Waals surface area contributed by atoms with Crippen molar-refractivity contribution in [1.29, 1.82) is 5.26 Å². The molecule has 1 heterocycles. The summed E-state index contributed by atoms with van der Waals surface area (Å²) in [5.74, 6) is 0. The summed E-state index contributed by atoms with van der Waals surface area (Å²) < 4.78 is 24.3. The molecule has 6 heteroatoms. The minimum absolute atomic E-state index is 0.457. The van der Waals surface area contributed by atoms with E-state index in [9.17, 15) is 13.6 Å². The first-order chi connectivity index (χ1) is 6.07. The van der Waals surface area contributed by atoms with Crippen LogP contribution in [0.5, 0.6) is 0 Å². The second-order valence-electron chi connectivity index (χ2n) is 2.27. The van der Waals surface area contributed by atoms with E-state index in [0.29, 0.717) is 0 Å². The number of rotatable bonds is 1. The molecule has 0 aliphatic heterocycles. The number of hydrogen-bond acceptors (Lipinski definition) is 3. The quantitative estimate of drug-likeness (QED) is 0.677. The second-order valence-corrected chi connectivity index (χ2v) is 2.27. The molecule has 0 radical (unpaired) electrons. The number of nitrogens with one attached hydrogen (secondary N) is 1. The summed E-state index contributed by atoms with van der Waals surface area (Å²) in [6, 6.07) is 1.46. The molecule has 0 amide bonds. The van der Waals surface area contributed by atoms with Crippen molar-refractivity contribution in [2.24, 2.45) is 0 Å². The first-order valence-corrected chi connectivity index (χ1v) is 3.27. The van der Waals surface area contributed by atoms with E-state index in [4.69, 9.17) is 11.0 Å². The van der Waals surface area contributed by atoms with Crippen molar-refractivity contribution < 1.29 is 8.78 Å². The minimum atomic E-state index is -2.80. The first-order valence-electron chi connectivity index (χ1n) is 3.27. The van der Waals surface area contributed by atoms with Gasteiger partial charge in [-0.3, -0.25) is 4.79 Å². The van der Waals surface area contributed by atoms with Gasteiger partial charge in [0, 0.05) is 6.20 Å². The molecule has 4 nitrogen and oxygen atoms in total. The van der Waals surface area contributed by atoms with Crippen molar-refractivity contribution in [3.8, 4) is 6.07 Å². The summed E-state index contributed by atoms with van der Waals surface area (Å²) in [6.07, 6.45) is -1.99. The molecule has 0 saturated carbocycles. The maximum Gasteiger partial charge on any atom is 0.268 e. The van der Waals surface area contributed by atoms with Crippen LogP contribution in [-0.2, 0) is 0 Å². The Labute approximate surface area is 71.6 Å². The van der Waals surface area contributed by atoms with E-state index in [2.05, 4.69) is 0 Å². The molecule has 0 aliphatic carbocycles. The predicted octanol–water partition coefficient (Wildman–Crippen LogP) is 0.766. The van der Waals surface area contributed by atoms with Crippen molar-refractivity contribution in [2.75, 3.05) is 5.73 Å². The van der Waals surface area contributed by atoms with Crippen LogP contribution < -0.4 is 11.3 Å². The number of nitriles is 1. The van der Waals surface area contributed by atoms with Gasteiger partial charge in [0.2, 0.25) is 0 Å². The number of anilines is 1. The maximum atomic E-state index is 12.2. The number of aromatic amines is 1. The van der Waals surface area contributed by atoms with Crippen molar-refractivity contribution in [3.05, 3.63) is 27.7 Å². The Hall–Kier alpha value is -1.90. The number of alkyl halides is 2. The van der Waals surface area contributed by atoms with E-state index in [-0.39, 0.29) is 0 Å². The molecular weight excluding hydrogens is 180 g/mol. The van der Waals surface area contributed by atoms with E-state index in [0.717, 1.165) is 6.20 Å². The number of nitrogen functional groups attached to an aromatic ring is 1. The number of nitrogens with two attached hydrogens (primary N) is 1. The second kappa shape index (κ2) is 3.23. The highest BCUT2D eigenvalue weighted by Gasteiger charge is 2.16. The van der Waals surface area contributed by atoms with Gasteiger partial charge in [0.1, 0.15) is 11.6 Å². The SMILES string of the molecule is N#Cc1c(N)c(C(F)F)c[nH]c1=O.